The molecule has 0 saturated carbocycles. The maximum absolute atomic E-state index is 12.5. The highest BCUT2D eigenvalue weighted by atomic mass is 16.5. The fraction of sp³-hybridized carbons (Fsp3) is 0.364. The minimum atomic E-state index is -0.0773. The van der Waals surface area contributed by atoms with Crippen molar-refractivity contribution < 1.29 is 9.53 Å². The average Bonchev–Trinajstić information content (AvgIpc) is 2.97. The van der Waals surface area contributed by atoms with Crippen LogP contribution in [0.15, 0.2) is 30.3 Å². The molecule has 1 amide bonds. The number of aryl methyl sites for hydroxylation is 3. The Morgan fingerprint density at radius 3 is 2.38 bits per heavy atom. The van der Waals surface area contributed by atoms with Crippen molar-refractivity contribution in [3.63, 3.8) is 0 Å². The molecule has 0 saturated heterocycles. The van der Waals surface area contributed by atoms with Gasteiger partial charge in [0.15, 0.2) is 0 Å². The molecule has 7 nitrogen and oxygen atoms in total. The Bertz CT molecular complexity index is 1050. The van der Waals surface area contributed by atoms with Gasteiger partial charge in [0.2, 0.25) is 5.91 Å². The first-order valence-electron chi connectivity index (χ1n) is 9.80. The zero-order valence-electron chi connectivity index (χ0n) is 17.4. The Hall–Kier alpha value is -3.22. The molecule has 0 radical (unpaired) electrons. The van der Waals surface area contributed by atoms with E-state index in [1.165, 1.54) is 0 Å². The molecule has 1 aromatic carbocycles. The van der Waals surface area contributed by atoms with E-state index in [0.717, 1.165) is 34.0 Å². The molecule has 4 rings (SSSR count). The maximum Gasteiger partial charge on any atom is 0.252 e. The van der Waals surface area contributed by atoms with Crippen molar-refractivity contribution in [1.29, 1.82) is 0 Å². The third kappa shape index (κ3) is 3.72. The zero-order chi connectivity index (χ0) is 20.7. The van der Waals surface area contributed by atoms with Crippen LogP contribution in [0.2, 0.25) is 0 Å². The van der Waals surface area contributed by atoms with E-state index in [9.17, 15) is 4.79 Å². The van der Waals surface area contributed by atoms with Crippen LogP contribution < -0.4 is 10.1 Å². The van der Waals surface area contributed by atoms with Gasteiger partial charge in [-0.2, -0.15) is 9.78 Å². The number of ether oxygens (including phenoxy) is 1. The van der Waals surface area contributed by atoms with Crippen LogP contribution in [-0.4, -0.2) is 31.8 Å². The van der Waals surface area contributed by atoms with Crippen molar-refractivity contribution in [2.75, 3.05) is 5.32 Å². The molecule has 1 atom stereocenters. The average molecular weight is 391 g/mol. The van der Waals surface area contributed by atoms with Crippen LogP contribution in [-0.2, 0) is 4.79 Å². The molecule has 150 valence electrons. The van der Waals surface area contributed by atoms with Crippen LogP contribution >= 0.6 is 0 Å². The predicted octanol–water partition coefficient (Wildman–Crippen LogP) is 3.85. The molecule has 2 aromatic heterocycles. The number of aromatic nitrogens is 4. The highest BCUT2D eigenvalue weighted by Crippen LogP contribution is 2.40. The van der Waals surface area contributed by atoms with Crippen LogP contribution in [0.1, 0.15) is 54.4 Å². The lowest BCUT2D eigenvalue weighted by atomic mass is 9.86. The van der Waals surface area contributed by atoms with Crippen molar-refractivity contribution in [2.24, 2.45) is 0 Å². The SMILES string of the molecule is Cc1cc(C)nc(-n2nc(C)c3c2NC(=O)CC3c2ccc(OC(C)C)cc2)n1. The second-order valence-electron chi connectivity index (χ2n) is 7.75. The summed E-state index contributed by atoms with van der Waals surface area (Å²) in [6.45, 7) is 9.79. The molecule has 29 heavy (non-hydrogen) atoms. The second-order valence-corrected chi connectivity index (χ2v) is 7.75. The number of rotatable bonds is 4. The molecule has 3 aromatic rings. The van der Waals surface area contributed by atoms with Gasteiger partial charge >= 0.3 is 0 Å². The molecular weight excluding hydrogens is 366 g/mol. The Labute approximate surface area is 170 Å². The highest BCUT2D eigenvalue weighted by molar-refractivity contribution is 5.95. The Morgan fingerprint density at radius 2 is 1.76 bits per heavy atom. The largest absolute Gasteiger partial charge is 0.491 e. The van der Waals surface area contributed by atoms with E-state index < -0.39 is 0 Å². The lowest BCUT2D eigenvalue weighted by Crippen LogP contribution is -2.25. The van der Waals surface area contributed by atoms with E-state index in [-0.39, 0.29) is 17.9 Å². The first-order valence-corrected chi connectivity index (χ1v) is 9.80. The Balaban J connectivity index is 1.78. The Kier molecular flexibility index (Phi) is 4.82. The maximum atomic E-state index is 12.5. The summed E-state index contributed by atoms with van der Waals surface area (Å²) in [4.78, 5) is 21.5. The third-order valence-electron chi connectivity index (χ3n) is 4.92. The van der Waals surface area contributed by atoms with Gasteiger partial charge in [0.25, 0.3) is 5.95 Å². The van der Waals surface area contributed by atoms with Crippen molar-refractivity contribution in [3.8, 4) is 11.7 Å². The molecule has 0 spiro atoms. The molecule has 3 heterocycles. The number of hydrogen-bond donors (Lipinski definition) is 1. The monoisotopic (exact) mass is 391 g/mol. The summed E-state index contributed by atoms with van der Waals surface area (Å²) in [7, 11) is 0. The fourth-order valence-corrected chi connectivity index (χ4v) is 3.83. The number of amides is 1. The van der Waals surface area contributed by atoms with Gasteiger partial charge in [-0.25, -0.2) is 9.97 Å². The van der Waals surface area contributed by atoms with Crippen molar-refractivity contribution >= 4 is 11.7 Å². The molecule has 7 heteroatoms. The Morgan fingerprint density at radius 1 is 1.10 bits per heavy atom. The number of carbonyl (C=O) groups excluding carboxylic acids is 1. The summed E-state index contributed by atoms with van der Waals surface area (Å²) in [5, 5.41) is 7.64. The van der Waals surface area contributed by atoms with Gasteiger partial charge in [0.1, 0.15) is 11.6 Å². The number of hydrogen-bond acceptors (Lipinski definition) is 5. The number of carbonyl (C=O) groups is 1. The highest BCUT2D eigenvalue weighted by Gasteiger charge is 2.33. The van der Waals surface area contributed by atoms with Gasteiger partial charge in [0.05, 0.1) is 11.8 Å². The topological polar surface area (TPSA) is 81.9 Å². The number of benzene rings is 1. The molecule has 1 aliphatic rings. The normalized spacial score (nSPS) is 15.9. The summed E-state index contributed by atoms with van der Waals surface area (Å²) in [5.41, 5.74) is 4.63. The molecule has 1 N–H and O–H groups in total. The van der Waals surface area contributed by atoms with Gasteiger partial charge in [-0.05, 0) is 58.4 Å². The lowest BCUT2D eigenvalue weighted by Gasteiger charge is -2.24. The molecule has 0 bridgehead atoms. The van der Waals surface area contributed by atoms with Gasteiger partial charge in [-0.15, -0.1) is 0 Å². The number of fused-ring (bicyclic) bond motifs is 1. The first kappa shape index (κ1) is 19.1. The van der Waals surface area contributed by atoms with Gasteiger partial charge in [-0.3, -0.25) is 4.79 Å². The molecular formula is C22H25N5O2. The molecule has 0 fully saturated rings. The number of nitrogens with one attached hydrogen (secondary N) is 1. The van der Waals surface area contributed by atoms with Crippen molar-refractivity contribution in [1.82, 2.24) is 19.7 Å². The molecule has 1 unspecified atom stereocenters. The van der Waals surface area contributed by atoms with E-state index in [1.54, 1.807) is 4.68 Å². The van der Waals surface area contributed by atoms with Crippen LogP contribution in [0.5, 0.6) is 5.75 Å². The van der Waals surface area contributed by atoms with E-state index in [1.807, 2.05) is 65.0 Å². The van der Waals surface area contributed by atoms with E-state index in [4.69, 9.17) is 4.74 Å². The molecule has 1 aliphatic heterocycles. The van der Waals surface area contributed by atoms with Crippen LogP contribution in [0.4, 0.5) is 5.82 Å². The minimum Gasteiger partial charge on any atom is -0.491 e. The van der Waals surface area contributed by atoms with Crippen LogP contribution in [0, 0.1) is 20.8 Å². The summed E-state index contributed by atoms with van der Waals surface area (Å²) in [6.07, 6.45) is 0.489. The second kappa shape index (κ2) is 7.31. The summed E-state index contributed by atoms with van der Waals surface area (Å²) in [6, 6.07) is 9.86. The summed E-state index contributed by atoms with van der Waals surface area (Å²) >= 11 is 0. The van der Waals surface area contributed by atoms with Crippen LogP contribution in [0.3, 0.4) is 0 Å². The minimum absolute atomic E-state index is 0.0458. The van der Waals surface area contributed by atoms with E-state index >= 15 is 0 Å². The summed E-state index contributed by atoms with van der Waals surface area (Å²) < 4.78 is 7.39. The van der Waals surface area contributed by atoms with Gasteiger partial charge < -0.3 is 10.1 Å². The zero-order valence-corrected chi connectivity index (χ0v) is 17.4. The van der Waals surface area contributed by atoms with E-state index in [2.05, 4.69) is 20.4 Å². The van der Waals surface area contributed by atoms with Crippen LogP contribution in [0.25, 0.3) is 5.95 Å². The van der Waals surface area contributed by atoms with Gasteiger partial charge in [0, 0.05) is 29.3 Å². The van der Waals surface area contributed by atoms with Gasteiger partial charge in [-0.1, -0.05) is 12.1 Å². The molecule has 0 aliphatic carbocycles. The standard InChI is InChI=1S/C22H25N5O2/c1-12(2)29-17-8-6-16(7-9-17)18-11-19(28)25-21-20(18)15(5)26-27(21)22-23-13(3)10-14(4)24-22/h6-10,12,18H,11H2,1-5H3,(H,25,28). The van der Waals surface area contributed by atoms with E-state index in [0.29, 0.717) is 18.2 Å². The quantitative estimate of drug-likeness (QED) is 0.730. The third-order valence-corrected chi connectivity index (χ3v) is 4.92. The fourth-order valence-electron chi connectivity index (χ4n) is 3.83. The number of anilines is 1. The van der Waals surface area contributed by atoms with Crippen molar-refractivity contribution in [2.45, 2.75) is 53.1 Å². The first-order chi connectivity index (χ1) is 13.8. The summed E-state index contributed by atoms with van der Waals surface area (Å²) in [5.74, 6) is 1.81. The lowest BCUT2D eigenvalue weighted by molar-refractivity contribution is -0.116. The smallest absolute Gasteiger partial charge is 0.252 e. The predicted molar refractivity (Wildman–Crippen MR) is 111 cm³/mol. The van der Waals surface area contributed by atoms with Crippen molar-refractivity contribution in [3.05, 3.63) is 58.5 Å². The number of nitrogens with zero attached hydrogens (tertiary/aromatic N) is 4.